The molecule has 0 unspecified atom stereocenters. The molecule has 0 aliphatic rings. The van der Waals surface area contributed by atoms with Gasteiger partial charge in [0.1, 0.15) is 0 Å². The minimum Gasteiger partial charge on any atom is -0.287 e. The van der Waals surface area contributed by atoms with E-state index in [2.05, 4.69) is 4.99 Å². The van der Waals surface area contributed by atoms with Gasteiger partial charge >= 0.3 is 0 Å². The molecular formula is C15H16N3O2+. The van der Waals surface area contributed by atoms with Gasteiger partial charge < -0.3 is 0 Å². The molecule has 0 saturated heterocycles. The Hall–Kier alpha value is -2.69. The maximum absolute atomic E-state index is 10.7. The van der Waals surface area contributed by atoms with Crippen LogP contribution in [-0.2, 0) is 6.42 Å². The Morgan fingerprint density at radius 3 is 2.60 bits per heavy atom. The van der Waals surface area contributed by atoms with Crippen molar-refractivity contribution in [1.29, 1.82) is 0 Å². The summed E-state index contributed by atoms with van der Waals surface area (Å²) in [6, 6.07) is 16.3. The zero-order chi connectivity index (χ0) is 14.4. The summed E-state index contributed by atoms with van der Waals surface area (Å²) in [7, 11) is 0. The highest BCUT2D eigenvalue weighted by molar-refractivity contribution is 5.93. The molecule has 0 bridgehead atoms. The van der Waals surface area contributed by atoms with Crippen molar-refractivity contribution < 1.29 is 9.92 Å². The van der Waals surface area contributed by atoms with Crippen molar-refractivity contribution in [2.24, 2.45) is 5.73 Å². The van der Waals surface area contributed by atoms with Gasteiger partial charge in [0.2, 0.25) is 0 Å². The molecule has 0 saturated carbocycles. The highest BCUT2D eigenvalue weighted by Gasteiger charge is 2.10. The minimum atomic E-state index is -0.430. The van der Waals surface area contributed by atoms with Crippen LogP contribution in [0.4, 0.5) is 5.69 Å². The lowest BCUT2D eigenvalue weighted by Crippen LogP contribution is -2.76. The van der Waals surface area contributed by atoms with Crippen molar-refractivity contribution in [1.82, 2.24) is 0 Å². The quantitative estimate of drug-likeness (QED) is 0.362. The van der Waals surface area contributed by atoms with Gasteiger partial charge in [-0.2, -0.15) is 0 Å². The Kier molecular flexibility index (Phi) is 4.44. The number of nitro groups is 1. The average molecular weight is 270 g/mol. The molecule has 0 spiro atoms. The molecule has 0 heterocycles. The molecule has 5 nitrogen and oxygen atoms in total. The molecular weight excluding hydrogens is 254 g/mol. The Morgan fingerprint density at radius 2 is 1.90 bits per heavy atom. The van der Waals surface area contributed by atoms with Crippen molar-refractivity contribution >= 4 is 11.5 Å². The van der Waals surface area contributed by atoms with Gasteiger partial charge in [-0.1, -0.05) is 36.4 Å². The van der Waals surface area contributed by atoms with Crippen LogP contribution in [0.5, 0.6) is 0 Å². The van der Waals surface area contributed by atoms with E-state index in [-0.39, 0.29) is 5.69 Å². The predicted molar refractivity (Wildman–Crippen MR) is 77.4 cm³/mol. The third-order valence-corrected chi connectivity index (χ3v) is 2.94. The van der Waals surface area contributed by atoms with Crippen molar-refractivity contribution in [2.45, 2.75) is 6.42 Å². The summed E-state index contributed by atoms with van der Waals surface area (Å²) < 4.78 is 0. The fourth-order valence-corrected chi connectivity index (χ4v) is 1.88. The van der Waals surface area contributed by atoms with E-state index in [1.54, 1.807) is 12.1 Å². The van der Waals surface area contributed by atoms with Gasteiger partial charge in [0, 0.05) is 18.6 Å². The second-order valence-corrected chi connectivity index (χ2v) is 4.38. The van der Waals surface area contributed by atoms with Crippen LogP contribution in [0.3, 0.4) is 0 Å². The Bertz CT molecular complexity index is 624. The normalized spacial score (nSPS) is 11.3. The van der Waals surface area contributed by atoms with Crippen LogP contribution in [0.15, 0.2) is 54.6 Å². The molecule has 2 aromatic carbocycles. The van der Waals surface area contributed by atoms with Crippen LogP contribution >= 0.6 is 0 Å². The molecule has 0 fully saturated rings. The summed E-state index contributed by atoms with van der Waals surface area (Å²) in [6.07, 6.45) is 0.844. The maximum atomic E-state index is 10.7. The monoisotopic (exact) mass is 270 g/mol. The topological polar surface area (TPSA) is 83.1 Å². The number of benzene rings is 2. The van der Waals surface area contributed by atoms with Crippen LogP contribution in [0.25, 0.3) is 0 Å². The average Bonchev–Trinajstić information content (AvgIpc) is 2.48. The fourth-order valence-electron chi connectivity index (χ4n) is 1.88. The van der Waals surface area contributed by atoms with Gasteiger partial charge in [0.25, 0.3) is 11.5 Å². The number of rotatable bonds is 5. The molecule has 0 aromatic heterocycles. The lowest BCUT2D eigenvalue weighted by Gasteiger charge is -1.98. The number of amidine groups is 1. The van der Waals surface area contributed by atoms with E-state index in [4.69, 9.17) is 5.73 Å². The molecule has 0 atom stereocenters. The van der Waals surface area contributed by atoms with Gasteiger partial charge in [-0.25, -0.2) is 0 Å². The zero-order valence-electron chi connectivity index (χ0n) is 11.0. The Balaban J connectivity index is 2.03. The van der Waals surface area contributed by atoms with E-state index < -0.39 is 4.92 Å². The number of hydrogen-bond acceptors (Lipinski definition) is 2. The minimum absolute atomic E-state index is 0.0373. The molecule has 102 valence electrons. The molecule has 3 N–H and O–H groups in total. The van der Waals surface area contributed by atoms with Crippen molar-refractivity contribution in [2.75, 3.05) is 6.54 Å². The highest BCUT2D eigenvalue weighted by atomic mass is 16.6. The molecule has 0 aliphatic heterocycles. The van der Waals surface area contributed by atoms with Gasteiger partial charge in [-0.3, -0.25) is 20.8 Å². The number of hydrogen-bond donors (Lipinski definition) is 2. The fraction of sp³-hybridized carbons (Fsp3) is 0.133. The van der Waals surface area contributed by atoms with E-state index in [1.807, 2.05) is 30.3 Å². The zero-order valence-corrected chi connectivity index (χ0v) is 11.0. The van der Waals surface area contributed by atoms with E-state index in [1.165, 1.54) is 17.7 Å². The van der Waals surface area contributed by atoms with E-state index in [9.17, 15) is 10.1 Å². The standard InChI is InChI=1S/C15H15N3O2/c16-15(13-7-4-8-14(11-13)18(19)20)17-10-9-12-5-2-1-3-6-12/h1-8,11H,9-10H2,(H2,16,17)/p+1. The van der Waals surface area contributed by atoms with Gasteiger partial charge in [-0.15, -0.1) is 0 Å². The van der Waals surface area contributed by atoms with Crippen LogP contribution in [0.1, 0.15) is 11.1 Å². The lowest BCUT2D eigenvalue weighted by atomic mass is 10.1. The first-order valence-electron chi connectivity index (χ1n) is 6.32. The number of non-ortho nitro benzene ring substituents is 1. The molecule has 5 heteroatoms. The van der Waals surface area contributed by atoms with Gasteiger partial charge in [-0.05, 0) is 11.6 Å². The second-order valence-electron chi connectivity index (χ2n) is 4.38. The summed E-state index contributed by atoms with van der Waals surface area (Å²) in [5, 5.41) is 10.7. The van der Waals surface area contributed by atoms with Gasteiger partial charge in [0.15, 0.2) is 0 Å². The van der Waals surface area contributed by atoms with Crippen LogP contribution in [-0.4, -0.2) is 17.3 Å². The summed E-state index contributed by atoms with van der Waals surface area (Å²) in [5.41, 5.74) is 7.79. The number of nitrogens with one attached hydrogen (secondary N) is 1. The first-order valence-corrected chi connectivity index (χ1v) is 6.32. The second kappa shape index (κ2) is 6.47. The van der Waals surface area contributed by atoms with Crippen LogP contribution in [0, 0.1) is 10.1 Å². The predicted octanol–water partition coefficient (Wildman–Crippen LogP) is 0.623. The molecule has 2 aromatic rings. The van der Waals surface area contributed by atoms with Gasteiger partial charge in [0.05, 0.1) is 17.0 Å². The summed E-state index contributed by atoms with van der Waals surface area (Å²) in [6.45, 7) is 0.679. The van der Waals surface area contributed by atoms with Crippen LogP contribution < -0.4 is 10.7 Å². The largest absolute Gasteiger partial charge is 0.287 e. The third kappa shape index (κ3) is 3.65. The molecule has 2 rings (SSSR count). The van der Waals surface area contributed by atoms with E-state index in [0.717, 1.165) is 6.42 Å². The maximum Gasteiger partial charge on any atom is 0.273 e. The molecule has 20 heavy (non-hydrogen) atoms. The number of nitrogens with zero attached hydrogens (tertiary/aromatic N) is 1. The number of nitrogens with two attached hydrogens (primary N) is 1. The Labute approximate surface area is 116 Å². The lowest BCUT2D eigenvalue weighted by molar-refractivity contribution is -0.456. The van der Waals surface area contributed by atoms with E-state index >= 15 is 0 Å². The first-order chi connectivity index (χ1) is 9.66. The summed E-state index contributed by atoms with van der Waals surface area (Å²) in [5.74, 6) is 0.449. The summed E-state index contributed by atoms with van der Waals surface area (Å²) in [4.78, 5) is 13.4. The first kappa shape index (κ1) is 13.7. The highest BCUT2D eigenvalue weighted by Crippen LogP contribution is 2.11. The Morgan fingerprint density at radius 1 is 1.15 bits per heavy atom. The third-order valence-electron chi connectivity index (χ3n) is 2.94. The van der Waals surface area contributed by atoms with E-state index in [0.29, 0.717) is 17.9 Å². The molecule has 0 radical (unpaired) electrons. The van der Waals surface area contributed by atoms with Crippen LogP contribution in [0.2, 0.25) is 0 Å². The molecule has 0 amide bonds. The van der Waals surface area contributed by atoms with Crippen molar-refractivity contribution in [3.63, 3.8) is 0 Å². The number of nitro benzene ring substituents is 1. The number of nitrogen functional groups attached to an aromatic ring is 1. The molecule has 0 aliphatic carbocycles. The van der Waals surface area contributed by atoms with Crippen molar-refractivity contribution in [3.8, 4) is 0 Å². The smallest absolute Gasteiger partial charge is 0.273 e. The SMILES string of the molecule is NC(=[NH+]CCc1ccccc1)c1cccc([N+](=O)[O-])c1. The summed E-state index contributed by atoms with van der Waals surface area (Å²) >= 11 is 0. The van der Waals surface area contributed by atoms with Crippen molar-refractivity contribution in [3.05, 3.63) is 75.8 Å².